The summed E-state index contributed by atoms with van der Waals surface area (Å²) in [6.07, 6.45) is 1.58. The highest BCUT2D eigenvalue weighted by Crippen LogP contribution is 2.13. The molecule has 2 aromatic carbocycles. The van der Waals surface area contributed by atoms with E-state index in [4.69, 9.17) is 0 Å². The van der Waals surface area contributed by atoms with E-state index in [1.165, 1.54) is 11.0 Å². The van der Waals surface area contributed by atoms with Crippen LogP contribution in [-0.4, -0.2) is 28.3 Å². The zero-order valence-electron chi connectivity index (χ0n) is 11.9. The molecule has 0 bridgehead atoms. The van der Waals surface area contributed by atoms with Crippen molar-refractivity contribution in [2.75, 3.05) is 13.3 Å². The van der Waals surface area contributed by atoms with Crippen molar-refractivity contribution >= 4 is 16.7 Å². The van der Waals surface area contributed by atoms with Crippen molar-refractivity contribution in [3.63, 3.8) is 0 Å². The fourth-order valence-corrected chi connectivity index (χ4v) is 2.48. The van der Waals surface area contributed by atoms with Crippen molar-refractivity contribution in [2.45, 2.75) is 11.4 Å². The Kier molecular flexibility index (Phi) is 4.85. The lowest BCUT2D eigenvalue weighted by Gasteiger charge is -2.17. The van der Waals surface area contributed by atoms with Crippen LogP contribution in [0.1, 0.15) is 15.9 Å². The molecule has 2 rings (SSSR count). The lowest BCUT2D eigenvalue weighted by atomic mass is 10.1. The molecular formula is C16H16FNO2S. The van der Waals surface area contributed by atoms with E-state index in [1.807, 2.05) is 0 Å². The van der Waals surface area contributed by atoms with E-state index in [0.717, 1.165) is 0 Å². The number of amides is 1. The summed E-state index contributed by atoms with van der Waals surface area (Å²) >= 11 is 0. The van der Waals surface area contributed by atoms with E-state index >= 15 is 0 Å². The van der Waals surface area contributed by atoms with Gasteiger partial charge in [-0.05, 0) is 30.3 Å². The van der Waals surface area contributed by atoms with Crippen LogP contribution in [-0.2, 0) is 17.3 Å². The molecule has 0 spiro atoms. The van der Waals surface area contributed by atoms with Gasteiger partial charge < -0.3 is 4.90 Å². The molecule has 1 atom stereocenters. The van der Waals surface area contributed by atoms with Crippen LogP contribution in [0.3, 0.4) is 0 Å². The first-order valence-corrected chi connectivity index (χ1v) is 7.97. The molecule has 3 nitrogen and oxygen atoms in total. The number of carbonyl (C=O) groups excluding carboxylic acids is 1. The third-order valence-corrected chi connectivity index (χ3v) is 4.08. The fraction of sp³-hybridized carbons (Fsp3) is 0.188. The van der Waals surface area contributed by atoms with Gasteiger partial charge in [0.2, 0.25) is 0 Å². The Morgan fingerprint density at radius 3 is 2.33 bits per heavy atom. The molecular weight excluding hydrogens is 289 g/mol. The summed E-state index contributed by atoms with van der Waals surface area (Å²) in [5.74, 6) is -0.527. The van der Waals surface area contributed by atoms with Gasteiger partial charge in [0.05, 0.1) is 0 Å². The Morgan fingerprint density at radius 2 is 1.76 bits per heavy atom. The molecule has 21 heavy (non-hydrogen) atoms. The molecule has 0 aliphatic rings. The topological polar surface area (TPSA) is 37.4 Å². The number of nitrogens with zero attached hydrogens (tertiary/aromatic N) is 1. The summed E-state index contributed by atoms with van der Waals surface area (Å²) in [4.78, 5) is 14.4. The van der Waals surface area contributed by atoms with Crippen molar-refractivity contribution in [1.29, 1.82) is 0 Å². The lowest BCUT2D eigenvalue weighted by molar-refractivity contribution is 0.0784. The van der Waals surface area contributed by atoms with Crippen molar-refractivity contribution in [2.24, 2.45) is 0 Å². The Hall–Kier alpha value is -2.01. The maximum atomic E-state index is 13.6. The van der Waals surface area contributed by atoms with Gasteiger partial charge in [0.25, 0.3) is 5.91 Å². The van der Waals surface area contributed by atoms with E-state index in [-0.39, 0.29) is 18.3 Å². The molecule has 0 saturated carbocycles. The van der Waals surface area contributed by atoms with E-state index in [0.29, 0.717) is 16.0 Å². The van der Waals surface area contributed by atoms with Crippen LogP contribution in [0.15, 0.2) is 53.4 Å². The quantitative estimate of drug-likeness (QED) is 0.871. The summed E-state index contributed by atoms with van der Waals surface area (Å²) in [6, 6.07) is 13.0. The molecule has 0 saturated heterocycles. The van der Waals surface area contributed by atoms with Crippen LogP contribution in [0.2, 0.25) is 0 Å². The second kappa shape index (κ2) is 6.63. The summed E-state index contributed by atoms with van der Waals surface area (Å²) in [7, 11) is 0.555. The molecule has 0 radical (unpaired) electrons. The van der Waals surface area contributed by atoms with E-state index < -0.39 is 10.8 Å². The highest BCUT2D eigenvalue weighted by molar-refractivity contribution is 7.84. The molecule has 110 valence electrons. The van der Waals surface area contributed by atoms with Crippen molar-refractivity contribution in [1.82, 2.24) is 4.90 Å². The van der Waals surface area contributed by atoms with Crippen LogP contribution in [0.4, 0.5) is 4.39 Å². The minimum Gasteiger partial charge on any atom is -0.337 e. The fourth-order valence-electron chi connectivity index (χ4n) is 1.96. The molecule has 0 heterocycles. The predicted molar refractivity (Wildman–Crippen MR) is 81.0 cm³/mol. The maximum Gasteiger partial charge on any atom is 0.253 e. The monoisotopic (exact) mass is 305 g/mol. The largest absolute Gasteiger partial charge is 0.337 e. The zero-order valence-corrected chi connectivity index (χ0v) is 12.7. The molecule has 1 unspecified atom stereocenters. The first-order chi connectivity index (χ1) is 9.99. The highest BCUT2D eigenvalue weighted by Gasteiger charge is 2.13. The molecule has 2 aromatic rings. The minimum atomic E-state index is -1.07. The third kappa shape index (κ3) is 3.76. The summed E-state index contributed by atoms with van der Waals surface area (Å²) in [6.45, 7) is 0.201. The Bertz CT molecular complexity index is 670. The molecule has 0 fully saturated rings. The number of halogens is 1. The second-order valence-electron chi connectivity index (χ2n) is 4.73. The van der Waals surface area contributed by atoms with Gasteiger partial charge in [0, 0.05) is 46.7 Å². The van der Waals surface area contributed by atoms with Gasteiger partial charge in [-0.2, -0.15) is 0 Å². The summed E-state index contributed by atoms with van der Waals surface area (Å²) in [5.41, 5.74) is 0.961. The average molecular weight is 305 g/mol. The average Bonchev–Trinajstić information content (AvgIpc) is 2.49. The second-order valence-corrected chi connectivity index (χ2v) is 6.11. The van der Waals surface area contributed by atoms with Gasteiger partial charge in [0.1, 0.15) is 5.82 Å². The van der Waals surface area contributed by atoms with Crippen molar-refractivity contribution < 1.29 is 13.4 Å². The lowest BCUT2D eigenvalue weighted by Crippen LogP contribution is -2.26. The maximum absolute atomic E-state index is 13.6. The van der Waals surface area contributed by atoms with Crippen molar-refractivity contribution in [3.8, 4) is 0 Å². The van der Waals surface area contributed by atoms with Gasteiger partial charge in [-0.25, -0.2) is 4.39 Å². The number of hydrogen-bond acceptors (Lipinski definition) is 2. The Morgan fingerprint density at radius 1 is 1.14 bits per heavy atom. The summed E-state index contributed by atoms with van der Waals surface area (Å²) in [5, 5.41) is 0. The number of hydrogen-bond donors (Lipinski definition) is 0. The molecule has 0 aromatic heterocycles. The molecule has 0 aliphatic carbocycles. The van der Waals surface area contributed by atoms with E-state index in [9.17, 15) is 13.4 Å². The summed E-state index contributed by atoms with van der Waals surface area (Å²) < 4.78 is 24.9. The number of benzene rings is 2. The normalized spacial score (nSPS) is 12.0. The van der Waals surface area contributed by atoms with Gasteiger partial charge >= 0.3 is 0 Å². The smallest absolute Gasteiger partial charge is 0.253 e. The van der Waals surface area contributed by atoms with E-state index in [1.54, 1.807) is 55.8 Å². The first-order valence-electron chi connectivity index (χ1n) is 6.41. The molecule has 0 aliphatic heterocycles. The Balaban J connectivity index is 2.12. The van der Waals surface area contributed by atoms with Gasteiger partial charge in [-0.15, -0.1) is 0 Å². The first kappa shape index (κ1) is 15.4. The van der Waals surface area contributed by atoms with Crippen LogP contribution >= 0.6 is 0 Å². The highest BCUT2D eigenvalue weighted by atomic mass is 32.2. The molecule has 5 heteroatoms. The van der Waals surface area contributed by atoms with Crippen LogP contribution in [0, 0.1) is 5.82 Å². The van der Waals surface area contributed by atoms with Crippen LogP contribution in [0.25, 0.3) is 0 Å². The Labute approximate surface area is 125 Å². The number of rotatable bonds is 4. The predicted octanol–water partition coefficient (Wildman–Crippen LogP) is 2.84. The number of carbonyl (C=O) groups is 1. The standard InChI is InChI=1S/C16H16FNO2S/c1-18(11-13-5-3-4-6-15(13)17)16(19)12-7-9-14(10-8-12)21(2)20/h3-10H,11H2,1-2H3. The van der Waals surface area contributed by atoms with E-state index in [2.05, 4.69) is 0 Å². The third-order valence-electron chi connectivity index (χ3n) is 3.15. The van der Waals surface area contributed by atoms with Crippen molar-refractivity contribution in [3.05, 3.63) is 65.5 Å². The van der Waals surface area contributed by atoms with Gasteiger partial charge in [0.15, 0.2) is 0 Å². The minimum absolute atomic E-state index is 0.201. The van der Waals surface area contributed by atoms with Crippen LogP contribution < -0.4 is 0 Å². The molecule has 1 amide bonds. The SMILES string of the molecule is CN(Cc1ccccc1F)C(=O)c1ccc(S(C)=O)cc1. The zero-order chi connectivity index (χ0) is 15.4. The molecule has 0 N–H and O–H groups in total. The van der Waals surface area contributed by atoms with Gasteiger partial charge in [-0.1, -0.05) is 18.2 Å². The van der Waals surface area contributed by atoms with Gasteiger partial charge in [-0.3, -0.25) is 9.00 Å². The van der Waals surface area contributed by atoms with Crippen LogP contribution in [0.5, 0.6) is 0 Å².